The predicted molar refractivity (Wildman–Crippen MR) is 90.2 cm³/mol. The number of piperidine rings is 1. The third kappa shape index (κ3) is 2.49. The third-order valence-corrected chi connectivity index (χ3v) is 5.30. The van der Waals surface area contributed by atoms with E-state index in [0.717, 1.165) is 18.2 Å². The van der Waals surface area contributed by atoms with E-state index in [1.54, 1.807) is 18.0 Å². The first-order valence-corrected chi connectivity index (χ1v) is 7.83. The third-order valence-electron chi connectivity index (χ3n) is 4.66. The molecule has 0 amide bonds. The summed E-state index contributed by atoms with van der Waals surface area (Å²) in [6.45, 7) is 3.72. The fourth-order valence-corrected chi connectivity index (χ4v) is 3.78. The molecule has 2 aliphatic rings. The van der Waals surface area contributed by atoms with Gasteiger partial charge in [-0.15, -0.1) is 0 Å². The molecule has 23 heavy (non-hydrogen) atoms. The molecular formula is C17H18ClFN4. The van der Waals surface area contributed by atoms with Crippen molar-refractivity contribution in [3.8, 4) is 0 Å². The van der Waals surface area contributed by atoms with Gasteiger partial charge in [-0.2, -0.15) is 0 Å². The highest BCUT2D eigenvalue weighted by Gasteiger charge is 2.47. The lowest BCUT2D eigenvalue weighted by atomic mass is 9.69. The van der Waals surface area contributed by atoms with Crippen molar-refractivity contribution in [3.05, 3.63) is 47.0 Å². The molecule has 1 fully saturated rings. The zero-order valence-electron chi connectivity index (χ0n) is 13.0. The minimum atomic E-state index is -0.412. The first kappa shape index (κ1) is 15.9. The average molecular weight is 333 g/mol. The van der Waals surface area contributed by atoms with Gasteiger partial charge in [0.1, 0.15) is 11.7 Å². The number of rotatable bonds is 1. The predicted octanol–water partition coefficient (Wildman–Crippen LogP) is 4.19. The van der Waals surface area contributed by atoms with Crippen molar-refractivity contribution in [2.24, 2.45) is 5.41 Å². The van der Waals surface area contributed by atoms with Gasteiger partial charge in [-0.3, -0.25) is 15.8 Å². The summed E-state index contributed by atoms with van der Waals surface area (Å²) in [5.41, 5.74) is 0.989. The van der Waals surface area contributed by atoms with E-state index < -0.39 is 11.2 Å². The molecule has 0 aromatic carbocycles. The molecule has 2 atom stereocenters. The second kappa shape index (κ2) is 5.57. The first-order chi connectivity index (χ1) is 10.8. The molecule has 2 N–H and O–H groups in total. The molecule has 1 aromatic rings. The summed E-state index contributed by atoms with van der Waals surface area (Å²) in [5.74, 6) is 0.364. The maximum absolute atomic E-state index is 13.5. The van der Waals surface area contributed by atoms with E-state index >= 15 is 0 Å². The Morgan fingerprint density at radius 3 is 2.87 bits per heavy atom. The maximum atomic E-state index is 13.5. The number of nitrogens with zero attached hydrogens (tertiary/aromatic N) is 2. The van der Waals surface area contributed by atoms with Crippen molar-refractivity contribution in [2.75, 3.05) is 0 Å². The van der Waals surface area contributed by atoms with Gasteiger partial charge < -0.3 is 4.90 Å². The number of nitrogens with one attached hydrogen (secondary N) is 2. The van der Waals surface area contributed by atoms with Gasteiger partial charge in [-0.1, -0.05) is 30.7 Å². The number of pyridine rings is 1. The van der Waals surface area contributed by atoms with Crippen molar-refractivity contribution in [1.82, 2.24) is 9.88 Å². The molecule has 0 bridgehead atoms. The van der Waals surface area contributed by atoms with Crippen LogP contribution in [0.4, 0.5) is 4.39 Å². The van der Waals surface area contributed by atoms with Gasteiger partial charge in [0.25, 0.3) is 0 Å². The van der Waals surface area contributed by atoms with Crippen molar-refractivity contribution in [2.45, 2.75) is 32.7 Å². The normalized spacial score (nSPS) is 27.2. The minimum Gasteiger partial charge on any atom is -0.311 e. The largest absolute Gasteiger partial charge is 0.311 e. The Morgan fingerprint density at radius 2 is 2.22 bits per heavy atom. The summed E-state index contributed by atoms with van der Waals surface area (Å²) < 4.78 is 13.5. The van der Waals surface area contributed by atoms with Gasteiger partial charge in [-0.25, -0.2) is 4.39 Å². The molecule has 2 unspecified atom stereocenters. The number of likely N-dealkylation sites (tertiary alicyclic amines) is 1. The molecule has 1 saturated heterocycles. The Morgan fingerprint density at radius 1 is 1.48 bits per heavy atom. The van der Waals surface area contributed by atoms with Crippen molar-refractivity contribution >= 4 is 28.8 Å². The summed E-state index contributed by atoms with van der Waals surface area (Å²) in [6, 6.07) is 1.25. The molecule has 0 saturated carbocycles. The van der Waals surface area contributed by atoms with Crippen LogP contribution in [0.3, 0.4) is 0 Å². The number of allylic oxidation sites excluding steroid dienone is 2. The van der Waals surface area contributed by atoms with E-state index in [9.17, 15) is 4.39 Å². The van der Waals surface area contributed by atoms with Crippen LogP contribution < -0.4 is 0 Å². The second-order valence-corrected chi connectivity index (χ2v) is 6.62. The molecule has 120 valence electrons. The topological polar surface area (TPSA) is 63.8 Å². The number of fused-ring (bicyclic) bond motifs is 1. The van der Waals surface area contributed by atoms with Crippen molar-refractivity contribution in [3.63, 3.8) is 0 Å². The highest BCUT2D eigenvalue weighted by atomic mass is 35.5. The molecule has 0 spiro atoms. The van der Waals surface area contributed by atoms with Crippen LogP contribution >= 0.6 is 11.6 Å². The van der Waals surface area contributed by atoms with Crippen LogP contribution in [0.25, 0.3) is 5.57 Å². The highest BCUT2D eigenvalue weighted by Crippen LogP contribution is 2.50. The zero-order valence-corrected chi connectivity index (χ0v) is 13.8. The molecular weight excluding hydrogens is 315 g/mol. The van der Waals surface area contributed by atoms with Crippen molar-refractivity contribution in [1.29, 1.82) is 10.8 Å². The Kier molecular flexibility index (Phi) is 3.84. The number of aromatic nitrogens is 1. The zero-order chi connectivity index (χ0) is 16.8. The van der Waals surface area contributed by atoms with Crippen LogP contribution in [-0.2, 0) is 0 Å². The molecule has 3 rings (SSSR count). The summed E-state index contributed by atoms with van der Waals surface area (Å²) >= 11 is 6.71. The fraction of sp³-hybridized carbons (Fsp3) is 0.353. The Bertz CT molecular complexity index is 755. The molecule has 4 nitrogen and oxygen atoms in total. The van der Waals surface area contributed by atoms with Crippen LogP contribution in [0.2, 0.25) is 0 Å². The number of amidine groups is 2. The standard InChI is InChI=1S/C17H18ClFN4/c1-10(20)23-14-4-3-13(11-7-12(19)9-22-8-11)16(18)17(14,2)6-5-15(23)21/h3-4,7-9,14,20-21H,5-6H2,1-2H3. The summed E-state index contributed by atoms with van der Waals surface area (Å²) in [4.78, 5) is 5.61. The van der Waals surface area contributed by atoms with E-state index in [1.807, 2.05) is 19.1 Å². The summed E-state index contributed by atoms with van der Waals surface area (Å²) in [6.07, 6.45) is 7.84. The molecule has 6 heteroatoms. The van der Waals surface area contributed by atoms with Crippen molar-refractivity contribution < 1.29 is 4.39 Å². The molecule has 1 aromatic heterocycles. The van der Waals surface area contributed by atoms with E-state index in [-0.39, 0.29) is 6.04 Å². The summed E-state index contributed by atoms with van der Waals surface area (Å²) in [7, 11) is 0. The molecule has 1 aliphatic heterocycles. The minimum absolute atomic E-state index is 0.168. The van der Waals surface area contributed by atoms with E-state index in [0.29, 0.717) is 28.7 Å². The van der Waals surface area contributed by atoms with Crippen LogP contribution in [-0.4, -0.2) is 27.6 Å². The first-order valence-electron chi connectivity index (χ1n) is 7.46. The number of hydrogen-bond acceptors (Lipinski definition) is 3. The smallest absolute Gasteiger partial charge is 0.142 e. The second-order valence-electron chi connectivity index (χ2n) is 6.24. The van der Waals surface area contributed by atoms with Gasteiger partial charge in [0.05, 0.1) is 18.1 Å². The quantitative estimate of drug-likeness (QED) is 0.598. The number of halogens is 2. The Balaban J connectivity index is 2.09. The molecule has 2 heterocycles. The molecule has 1 aliphatic carbocycles. The van der Waals surface area contributed by atoms with Crippen LogP contribution in [0.1, 0.15) is 32.3 Å². The lowest BCUT2D eigenvalue weighted by Crippen LogP contribution is -2.55. The lowest BCUT2D eigenvalue weighted by Gasteiger charge is -2.49. The highest BCUT2D eigenvalue weighted by molar-refractivity contribution is 6.34. The van der Waals surface area contributed by atoms with Crippen LogP contribution in [0.15, 0.2) is 35.6 Å². The fourth-order valence-electron chi connectivity index (χ4n) is 3.40. The summed E-state index contributed by atoms with van der Waals surface area (Å²) in [5, 5.41) is 16.7. The van der Waals surface area contributed by atoms with Gasteiger partial charge in [0.15, 0.2) is 0 Å². The number of hydrogen-bond donors (Lipinski definition) is 2. The van der Waals surface area contributed by atoms with Crippen LogP contribution in [0, 0.1) is 22.1 Å². The van der Waals surface area contributed by atoms with Gasteiger partial charge in [0.2, 0.25) is 0 Å². The SMILES string of the molecule is CC(=N)N1C(=N)CCC2(C)C(Cl)=C(c3cncc(F)c3)C=CC12. The van der Waals surface area contributed by atoms with E-state index in [4.69, 9.17) is 22.4 Å². The van der Waals surface area contributed by atoms with Crippen LogP contribution in [0.5, 0.6) is 0 Å². The van der Waals surface area contributed by atoms with E-state index in [2.05, 4.69) is 4.98 Å². The van der Waals surface area contributed by atoms with E-state index in [1.165, 1.54) is 6.07 Å². The van der Waals surface area contributed by atoms with Gasteiger partial charge in [-0.05, 0) is 25.0 Å². The monoisotopic (exact) mass is 332 g/mol. The van der Waals surface area contributed by atoms with Gasteiger partial charge >= 0.3 is 0 Å². The van der Waals surface area contributed by atoms with Gasteiger partial charge in [0, 0.05) is 28.6 Å². The lowest BCUT2D eigenvalue weighted by molar-refractivity contribution is 0.225. The Labute approximate surface area is 139 Å². The molecule has 0 radical (unpaired) electrons. The Hall–Kier alpha value is -2.01. The average Bonchev–Trinajstić information content (AvgIpc) is 2.49. The maximum Gasteiger partial charge on any atom is 0.142 e.